The molecule has 3 N–H and O–H groups in total. The van der Waals surface area contributed by atoms with Crippen LogP contribution >= 0.6 is 0 Å². The highest BCUT2D eigenvalue weighted by atomic mass is 16.1. The minimum Gasteiger partial charge on any atom is -0.348 e. The molecule has 0 radical (unpaired) electrons. The van der Waals surface area contributed by atoms with Gasteiger partial charge in [-0.05, 0) is 17.7 Å². The molecule has 2 rings (SSSR count). The minimum absolute atomic E-state index is 0.146. The lowest BCUT2D eigenvalue weighted by Gasteiger charge is -2.16. The van der Waals surface area contributed by atoms with Gasteiger partial charge in [-0.2, -0.15) is 0 Å². The van der Waals surface area contributed by atoms with Crippen molar-refractivity contribution in [3.63, 3.8) is 0 Å². The maximum absolute atomic E-state index is 12.3. The van der Waals surface area contributed by atoms with Gasteiger partial charge in [-0.3, -0.25) is 9.59 Å². The van der Waals surface area contributed by atoms with Crippen LogP contribution in [0, 0.1) is 0 Å². The van der Waals surface area contributed by atoms with Gasteiger partial charge < -0.3 is 15.0 Å². The number of imidazole rings is 1. The van der Waals surface area contributed by atoms with Crippen molar-refractivity contribution in [1.82, 2.24) is 19.9 Å². The van der Waals surface area contributed by atoms with E-state index < -0.39 is 11.1 Å². The molecule has 2 heterocycles. The van der Waals surface area contributed by atoms with E-state index in [4.69, 9.17) is 0 Å². The standard InChI is InChI=1S/C19H22N4O2/c1-6-8-12(7-2)9-14-17(24)23-15(18(25)22-14)10-13-16(19(3,4)5)21-11-20-13/h6-11H,1-2H2,3-5H3,(H,20,21)(H,22,25)(H,23,24)/b12-8+,14-9-,15-10-. The van der Waals surface area contributed by atoms with Crippen LogP contribution in [-0.4, -0.2) is 19.9 Å². The van der Waals surface area contributed by atoms with Crippen LogP contribution in [0.15, 0.2) is 52.9 Å². The Balaban J connectivity index is 2.65. The van der Waals surface area contributed by atoms with Gasteiger partial charge in [-0.1, -0.05) is 52.2 Å². The smallest absolute Gasteiger partial charge is 0.272 e. The second-order valence-electron chi connectivity index (χ2n) is 6.54. The molecular weight excluding hydrogens is 316 g/mol. The first kappa shape index (κ1) is 18.2. The molecule has 0 fully saturated rings. The first-order valence-corrected chi connectivity index (χ1v) is 7.81. The van der Waals surface area contributed by atoms with Crippen molar-refractivity contribution < 1.29 is 0 Å². The zero-order valence-corrected chi connectivity index (χ0v) is 14.6. The van der Waals surface area contributed by atoms with Crippen LogP contribution in [0.25, 0.3) is 12.2 Å². The number of H-pyrrole nitrogens is 3. The van der Waals surface area contributed by atoms with E-state index in [1.807, 2.05) is 20.8 Å². The highest BCUT2D eigenvalue weighted by Crippen LogP contribution is 2.22. The SMILES string of the molecule is C=C/C=C(C=C)/C=c1\[nH]c(=O)/c(=C/c2nc[nH]c2C(C)(C)C)[nH]c1=O. The van der Waals surface area contributed by atoms with Gasteiger partial charge in [0, 0.05) is 11.1 Å². The van der Waals surface area contributed by atoms with Crippen molar-refractivity contribution in [2.24, 2.45) is 0 Å². The summed E-state index contributed by atoms with van der Waals surface area (Å²) in [5, 5.41) is 0.292. The Morgan fingerprint density at radius 1 is 1.12 bits per heavy atom. The predicted molar refractivity (Wildman–Crippen MR) is 101 cm³/mol. The molecule has 0 saturated heterocycles. The number of allylic oxidation sites excluding steroid dienone is 4. The fraction of sp³-hybridized carbons (Fsp3) is 0.211. The fourth-order valence-electron chi connectivity index (χ4n) is 2.33. The number of nitrogens with one attached hydrogen (secondary N) is 3. The van der Waals surface area contributed by atoms with Gasteiger partial charge in [-0.15, -0.1) is 0 Å². The number of aromatic nitrogens is 4. The van der Waals surface area contributed by atoms with Crippen LogP contribution in [0.3, 0.4) is 0 Å². The third kappa shape index (κ3) is 4.23. The molecule has 0 atom stereocenters. The van der Waals surface area contributed by atoms with Gasteiger partial charge in [-0.25, -0.2) is 4.98 Å². The van der Waals surface area contributed by atoms with Gasteiger partial charge in [0.2, 0.25) is 0 Å². The molecule has 25 heavy (non-hydrogen) atoms. The Bertz CT molecular complexity index is 1060. The highest BCUT2D eigenvalue weighted by Gasteiger charge is 2.19. The summed E-state index contributed by atoms with van der Waals surface area (Å²) in [6.07, 6.45) is 9.50. The molecule has 0 bridgehead atoms. The van der Waals surface area contributed by atoms with Crippen LogP contribution in [0.1, 0.15) is 32.2 Å². The third-order valence-electron chi connectivity index (χ3n) is 3.54. The second-order valence-corrected chi connectivity index (χ2v) is 6.54. The molecule has 0 aliphatic carbocycles. The van der Waals surface area contributed by atoms with Crippen molar-refractivity contribution in [3.8, 4) is 0 Å². The molecule has 2 aromatic rings. The average Bonchev–Trinajstić information content (AvgIpc) is 3.00. The Morgan fingerprint density at radius 3 is 2.36 bits per heavy atom. The molecular formula is C19H22N4O2. The van der Waals surface area contributed by atoms with Crippen molar-refractivity contribution in [2.75, 3.05) is 0 Å². The lowest BCUT2D eigenvalue weighted by atomic mass is 9.90. The van der Waals surface area contributed by atoms with Gasteiger partial charge in [0.05, 0.1) is 12.0 Å². The molecule has 0 saturated carbocycles. The fourth-order valence-corrected chi connectivity index (χ4v) is 2.33. The van der Waals surface area contributed by atoms with Gasteiger partial charge >= 0.3 is 0 Å². The summed E-state index contributed by atoms with van der Waals surface area (Å²) in [5.74, 6) is 0. The van der Waals surface area contributed by atoms with E-state index in [2.05, 4.69) is 33.1 Å². The van der Waals surface area contributed by atoms with E-state index in [0.717, 1.165) is 5.69 Å². The van der Waals surface area contributed by atoms with Crippen molar-refractivity contribution in [3.05, 3.63) is 86.1 Å². The largest absolute Gasteiger partial charge is 0.348 e. The normalized spacial score (nSPS) is 14.0. The molecule has 2 aromatic heterocycles. The Morgan fingerprint density at radius 2 is 1.76 bits per heavy atom. The molecule has 6 nitrogen and oxygen atoms in total. The van der Waals surface area contributed by atoms with Gasteiger partial charge in [0.25, 0.3) is 11.1 Å². The third-order valence-corrected chi connectivity index (χ3v) is 3.54. The van der Waals surface area contributed by atoms with Gasteiger partial charge in [0.1, 0.15) is 10.7 Å². The monoisotopic (exact) mass is 338 g/mol. The lowest BCUT2D eigenvalue weighted by molar-refractivity contribution is 0.571. The number of nitrogens with zero attached hydrogens (tertiary/aromatic N) is 1. The molecule has 0 aliphatic rings. The molecule has 130 valence electrons. The number of rotatable bonds is 4. The predicted octanol–water partition coefficient (Wildman–Crippen LogP) is 0.991. The first-order chi connectivity index (χ1) is 11.8. The topological polar surface area (TPSA) is 94.4 Å². The molecule has 0 amide bonds. The second kappa shape index (κ2) is 7.17. The van der Waals surface area contributed by atoms with E-state index in [1.54, 1.807) is 30.6 Å². The van der Waals surface area contributed by atoms with Crippen LogP contribution in [-0.2, 0) is 5.41 Å². The summed E-state index contributed by atoms with van der Waals surface area (Å²) >= 11 is 0. The van der Waals surface area contributed by atoms with Crippen LogP contribution in [0.5, 0.6) is 0 Å². The summed E-state index contributed by atoms with van der Waals surface area (Å²) in [7, 11) is 0. The lowest BCUT2D eigenvalue weighted by Crippen LogP contribution is -2.46. The van der Waals surface area contributed by atoms with Crippen LogP contribution in [0.2, 0.25) is 0 Å². The van der Waals surface area contributed by atoms with Gasteiger partial charge in [0.15, 0.2) is 0 Å². The van der Waals surface area contributed by atoms with Crippen LogP contribution < -0.4 is 21.8 Å². The molecule has 0 aliphatic heterocycles. The number of hydrogen-bond donors (Lipinski definition) is 3. The summed E-state index contributed by atoms with van der Waals surface area (Å²) in [6.45, 7) is 13.4. The van der Waals surface area contributed by atoms with Crippen LogP contribution in [0.4, 0.5) is 0 Å². The van der Waals surface area contributed by atoms with E-state index in [9.17, 15) is 9.59 Å². The summed E-state index contributed by atoms with van der Waals surface area (Å²) in [6, 6.07) is 0. The zero-order chi connectivity index (χ0) is 18.6. The van der Waals surface area contributed by atoms with E-state index >= 15 is 0 Å². The highest BCUT2D eigenvalue weighted by molar-refractivity contribution is 5.52. The average molecular weight is 338 g/mol. The Hall–Kier alpha value is -3.15. The minimum atomic E-state index is -0.407. The summed E-state index contributed by atoms with van der Waals surface area (Å²) in [4.78, 5) is 37.1. The number of aromatic amines is 3. The maximum atomic E-state index is 12.3. The summed E-state index contributed by atoms with van der Waals surface area (Å²) < 4.78 is 0. The van der Waals surface area contributed by atoms with E-state index in [-0.39, 0.29) is 16.1 Å². The Labute approximate surface area is 145 Å². The summed E-state index contributed by atoms with van der Waals surface area (Å²) in [5.41, 5.74) is 1.17. The molecule has 0 aromatic carbocycles. The van der Waals surface area contributed by atoms with Crippen molar-refractivity contribution >= 4 is 12.2 Å². The molecule has 0 spiro atoms. The van der Waals surface area contributed by atoms with Crippen molar-refractivity contribution in [2.45, 2.75) is 26.2 Å². The van der Waals surface area contributed by atoms with E-state index in [1.165, 1.54) is 6.08 Å². The Kier molecular flexibility index (Phi) is 5.22. The quantitative estimate of drug-likeness (QED) is 0.726. The molecule has 6 heteroatoms. The maximum Gasteiger partial charge on any atom is 0.272 e. The first-order valence-electron chi connectivity index (χ1n) is 7.81. The van der Waals surface area contributed by atoms with Crippen molar-refractivity contribution in [1.29, 1.82) is 0 Å². The zero-order valence-electron chi connectivity index (χ0n) is 14.6. The molecule has 0 unspecified atom stereocenters. The number of hydrogen-bond acceptors (Lipinski definition) is 3. The van der Waals surface area contributed by atoms with E-state index in [0.29, 0.717) is 11.3 Å².